The monoisotopic (exact) mass is 234 g/mol. The normalized spacial score (nSPS) is 11.6. The van der Waals surface area contributed by atoms with Gasteiger partial charge in [-0.2, -0.15) is 0 Å². The lowest BCUT2D eigenvalue weighted by Gasteiger charge is -2.19. The van der Waals surface area contributed by atoms with Gasteiger partial charge >= 0.3 is 0 Å². The lowest BCUT2D eigenvalue weighted by molar-refractivity contribution is 0.465. The standard InChI is InChI=1S/C15H26N2/c1-11-9-12(2)14(13(3)10-11)17-8-6-7-15(4,5)16/h9-10,17H,6-8,16H2,1-5H3. The van der Waals surface area contributed by atoms with Crippen molar-refractivity contribution >= 4 is 5.69 Å². The first-order chi connectivity index (χ1) is 7.79. The number of hydrogen-bond donors (Lipinski definition) is 2. The van der Waals surface area contributed by atoms with Crippen molar-refractivity contribution < 1.29 is 0 Å². The summed E-state index contributed by atoms with van der Waals surface area (Å²) in [7, 11) is 0. The minimum atomic E-state index is -0.0565. The van der Waals surface area contributed by atoms with Crippen LogP contribution in [0.2, 0.25) is 0 Å². The molecule has 0 atom stereocenters. The summed E-state index contributed by atoms with van der Waals surface area (Å²) in [4.78, 5) is 0. The van der Waals surface area contributed by atoms with Crippen molar-refractivity contribution in [3.8, 4) is 0 Å². The van der Waals surface area contributed by atoms with E-state index in [0.717, 1.165) is 19.4 Å². The number of nitrogens with two attached hydrogens (primary N) is 1. The Bertz CT molecular complexity index is 352. The van der Waals surface area contributed by atoms with Crippen LogP contribution in [0.25, 0.3) is 0 Å². The van der Waals surface area contributed by atoms with Gasteiger partial charge in [0.1, 0.15) is 0 Å². The Labute approximate surface area is 106 Å². The van der Waals surface area contributed by atoms with Gasteiger partial charge in [0.2, 0.25) is 0 Å². The lowest BCUT2D eigenvalue weighted by atomic mass is 10.00. The van der Waals surface area contributed by atoms with Crippen molar-refractivity contribution in [2.45, 2.75) is 53.0 Å². The number of hydrogen-bond acceptors (Lipinski definition) is 2. The molecule has 0 amide bonds. The zero-order chi connectivity index (χ0) is 13.1. The van der Waals surface area contributed by atoms with Crippen LogP contribution >= 0.6 is 0 Å². The molecule has 0 bridgehead atoms. The zero-order valence-electron chi connectivity index (χ0n) is 11.9. The Morgan fingerprint density at radius 2 is 1.65 bits per heavy atom. The van der Waals surface area contributed by atoms with Gasteiger partial charge in [0, 0.05) is 17.8 Å². The molecule has 2 nitrogen and oxygen atoms in total. The molecule has 96 valence electrons. The third-order valence-electron chi connectivity index (χ3n) is 2.98. The van der Waals surface area contributed by atoms with Crippen LogP contribution in [-0.2, 0) is 0 Å². The molecule has 0 heterocycles. The molecule has 0 fully saturated rings. The first kappa shape index (κ1) is 14.0. The highest BCUT2D eigenvalue weighted by atomic mass is 14.9. The Hall–Kier alpha value is -1.02. The predicted octanol–water partition coefficient (Wildman–Crippen LogP) is 3.54. The lowest BCUT2D eigenvalue weighted by Crippen LogP contribution is -2.32. The highest BCUT2D eigenvalue weighted by Crippen LogP contribution is 2.22. The summed E-state index contributed by atoms with van der Waals surface area (Å²) in [5, 5.41) is 3.53. The topological polar surface area (TPSA) is 38.0 Å². The molecule has 2 heteroatoms. The second kappa shape index (κ2) is 5.54. The zero-order valence-corrected chi connectivity index (χ0v) is 11.9. The molecule has 17 heavy (non-hydrogen) atoms. The predicted molar refractivity (Wildman–Crippen MR) is 76.6 cm³/mol. The molecule has 0 unspecified atom stereocenters. The van der Waals surface area contributed by atoms with Gasteiger partial charge < -0.3 is 11.1 Å². The van der Waals surface area contributed by atoms with E-state index in [-0.39, 0.29) is 5.54 Å². The minimum Gasteiger partial charge on any atom is -0.385 e. The molecule has 3 N–H and O–H groups in total. The Morgan fingerprint density at radius 1 is 1.12 bits per heavy atom. The van der Waals surface area contributed by atoms with Gasteiger partial charge in [0.15, 0.2) is 0 Å². The van der Waals surface area contributed by atoms with Crippen molar-refractivity contribution in [3.63, 3.8) is 0 Å². The van der Waals surface area contributed by atoms with Gasteiger partial charge in [-0.25, -0.2) is 0 Å². The van der Waals surface area contributed by atoms with Crippen LogP contribution in [0.1, 0.15) is 43.4 Å². The molecule has 0 spiro atoms. The van der Waals surface area contributed by atoms with E-state index in [0.29, 0.717) is 0 Å². The molecule has 0 aliphatic carbocycles. The Kier molecular flexibility index (Phi) is 4.58. The van der Waals surface area contributed by atoms with Crippen molar-refractivity contribution in [2.24, 2.45) is 5.73 Å². The van der Waals surface area contributed by atoms with Crippen LogP contribution in [0.3, 0.4) is 0 Å². The summed E-state index contributed by atoms with van der Waals surface area (Å²) < 4.78 is 0. The van der Waals surface area contributed by atoms with Gasteiger partial charge in [-0.15, -0.1) is 0 Å². The van der Waals surface area contributed by atoms with Crippen LogP contribution in [0.15, 0.2) is 12.1 Å². The van der Waals surface area contributed by atoms with E-state index in [1.807, 2.05) is 0 Å². The fraction of sp³-hybridized carbons (Fsp3) is 0.600. The van der Waals surface area contributed by atoms with E-state index in [1.165, 1.54) is 22.4 Å². The first-order valence-electron chi connectivity index (χ1n) is 6.40. The van der Waals surface area contributed by atoms with E-state index in [4.69, 9.17) is 5.73 Å². The van der Waals surface area contributed by atoms with Crippen molar-refractivity contribution in [2.75, 3.05) is 11.9 Å². The smallest absolute Gasteiger partial charge is 0.0399 e. The maximum absolute atomic E-state index is 5.97. The number of rotatable bonds is 5. The molecule has 1 rings (SSSR count). The highest BCUT2D eigenvalue weighted by Gasteiger charge is 2.09. The largest absolute Gasteiger partial charge is 0.385 e. The average Bonchev–Trinajstić information content (AvgIpc) is 2.13. The van der Waals surface area contributed by atoms with Crippen LogP contribution in [0.5, 0.6) is 0 Å². The van der Waals surface area contributed by atoms with Gasteiger partial charge in [-0.3, -0.25) is 0 Å². The average molecular weight is 234 g/mol. The van der Waals surface area contributed by atoms with E-state index in [2.05, 4.69) is 52.1 Å². The van der Waals surface area contributed by atoms with Crippen molar-refractivity contribution in [3.05, 3.63) is 28.8 Å². The van der Waals surface area contributed by atoms with Crippen LogP contribution in [0.4, 0.5) is 5.69 Å². The molecule has 0 radical (unpaired) electrons. The fourth-order valence-electron chi connectivity index (χ4n) is 2.22. The SMILES string of the molecule is Cc1cc(C)c(NCCCC(C)(C)N)c(C)c1. The third-order valence-corrected chi connectivity index (χ3v) is 2.98. The van der Waals surface area contributed by atoms with Crippen LogP contribution < -0.4 is 11.1 Å². The van der Waals surface area contributed by atoms with Crippen LogP contribution in [-0.4, -0.2) is 12.1 Å². The number of aryl methyl sites for hydroxylation is 3. The fourth-order valence-corrected chi connectivity index (χ4v) is 2.22. The van der Waals surface area contributed by atoms with Gasteiger partial charge in [0.25, 0.3) is 0 Å². The third kappa shape index (κ3) is 4.78. The molecule has 0 aromatic heterocycles. The van der Waals surface area contributed by atoms with Crippen molar-refractivity contribution in [1.29, 1.82) is 0 Å². The van der Waals surface area contributed by atoms with E-state index >= 15 is 0 Å². The summed E-state index contributed by atoms with van der Waals surface area (Å²) in [5.74, 6) is 0. The molecule has 0 aliphatic rings. The molecule has 1 aromatic carbocycles. The van der Waals surface area contributed by atoms with Crippen LogP contribution in [0, 0.1) is 20.8 Å². The molecule has 0 aliphatic heterocycles. The minimum absolute atomic E-state index is 0.0565. The molecular weight excluding hydrogens is 208 g/mol. The van der Waals surface area contributed by atoms with E-state index < -0.39 is 0 Å². The van der Waals surface area contributed by atoms with Crippen molar-refractivity contribution in [1.82, 2.24) is 0 Å². The van der Waals surface area contributed by atoms with E-state index in [9.17, 15) is 0 Å². The second-order valence-electron chi connectivity index (χ2n) is 5.79. The first-order valence-corrected chi connectivity index (χ1v) is 6.40. The van der Waals surface area contributed by atoms with Gasteiger partial charge in [-0.05, 0) is 58.6 Å². The number of anilines is 1. The second-order valence-corrected chi connectivity index (χ2v) is 5.79. The molecule has 0 saturated heterocycles. The molecular formula is C15H26N2. The maximum atomic E-state index is 5.97. The Morgan fingerprint density at radius 3 is 2.12 bits per heavy atom. The van der Waals surface area contributed by atoms with E-state index in [1.54, 1.807) is 0 Å². The number of nitrogens with one attached hydrogen (secondary N) is 1. The highest BCUT2D eigenvalue weighted by molar-refractivity contribution is 5.58. The van der Waals surface area contributed by atoms with Gasteiger partial charge in [-0.1, -0.05) is 17.7 Å². The van der Waals surface area contributed by atoms with Gasteiger partial charge in [0.05, 0.1) is 0 Å². The summed E-state index contributed by atoms with van der Waals surface area (Å²) in [6, 6.07) is 4.45. The molecule has 0 saturated carbocycles. The summed E-state index contributed by atoms with van der Waals surface area (Å²) >= 11 is 0. The summed E-state index contributed by atoms with van der Waals surface area (Å²) in [5.41, 5.74) is 11.2. The summed E-state index contributed by atoms with van der Waals surface area (Å²) in [6.07, 6.45) is 2.15. The quantitative estimate of drug-likeness (QED) is 0.765. The number of benzene rings is 1. The molecule has 1 aromatic rings. The summed E-state index contributed by atoms with van der Waals surface area (Å²) in [6.45, 7) is 11.6. The maximum Gasteiger partial charge on any atom is 0.0399 e. The Balaban J connectivity index is 2.53.